The zero-order valence-corrected chi connectivity index (χ0v) is 17.8. The lowest BCUT2D eigenvalue weighted by molar-refractivity contribution is 0.0741. The summed E-state index contributed by atoms with van der Waals surface area (Å²) in [4.78, 5) is 21.9. The number of carbonyl (C=O) groups excluding carboxylic acids is 1. The predicted molar refractivity (Wildman–Crippen MR) is 117 cm³/mol. The van der Waals surface area contributed by atoms with Crippen LogP contribution in [0.15, 0.2) is 36.4 Å². The van der Waals surface area contributed by atoms with Crippen molar-refractivity contribution in [1.29, 1.82) is 0 Å². The third-order valence-electron chi connectivity index (χ3n) is 5.74. The van der Waals surface area contributed by atoms with Gasteiger partial charge in [0.05, 0.1) is 12.6 Å². The quantitative estimate of drug-likeness (QED) is 0.651. The smallest absolute Gasteiger partial charge is 0.272 e. The fraction of sp³-hybridized carbons (Fsp3) is 0.333. The number of aromatic nitrogens is 1. The van der Waals surface area contributed by atoms with E-state index in [4.69, 9.17) is 4.74 Å². The highest BCUT2D eigenvalue weighted by Crippen LogP contribution is 2.29. The number of benzene rings is 2. The van der Waals surface area contributed by atoms with E-state index in [9.17, 15) is 9.18 Å². The summed E-state index contributed by atoms with van der Waals surface area (Å²) < 4.78 is 19.3. The molecule has 0 atom stereocenters. The molecule has 156 valence electrons. The molecule has 0 aliphatic carbocycles. The van der Waals surface area contributed by atoms with Crippen molar-refractivity contribution in [3.05, 3.63) is 64.6 Å². The number of methoxy groups -OCH3 is 1. The van der Waals surface area contributed by atoms with Crippen molar-refractivity contribution in [2.75, 3.05) is 38.2 Å². The molecular formula is C24H26FN3O2. The molecule has 1 amide bonds. The predicted octanol–water partition coefficient (Wildman–Crippen LogP) is 4.27. The minimum Gasteiger partial charge on any atom is -0.496 e. The lowest BCUT2D eigenvalue weighted by Crippen LogP contribution is -2.49. The van der Waals surface area contributed by atoms with Crippen molar-refractivity contribution in [1.82, 2.24) is 9.88 Å². The molecule has 30 heavy (non-hydrogen) atoms. The van der Waals surface area contributed by atoms with Gasteiger partial charge < -0.3 is 14.5 Å². The van der Waals surface area contributed by atoms with Gasteiger partial charge in [-0.3, -0.25) is 4.79 Å². The van der Waals surface area contributed by atoms with Crippen LogP contribution in [-0.4, -0.2) is 49.1 Å². The van der Waals surface area contributed by atoms with Gasteiger partial charge in [-0.2, -0.15) is 0 Å². The van der Waals surface area contributed by atoms with Crippen molar-refractivity contribution in [3.8, 4) is 5.75 Å². The number of nitrogens with zero attached hydrogens (tertiary/aromatic N) is 3. The van der Waals surface area contributed by atoms with E-state index in [-0.39, 0.29) is 11.7 Å². The Morgan fingerprint density at radius 2 is 1.73 bits per heavy atom. The van der Waals surface area contributed by atoms with Gasteiger partial charge in [0, 0.05) is 43.3 Å². The molecule has 0 saturated carbocycles. The highest BCUT2D eigenvalue weighted by Gasteiger charge is 2.25. The first-order chi connectivity index (χ1) is 14.4. The Balaban J connectivity index is 1.57. The molecule has 1 fully saturated rings. The molecule has 1 aliphatic rings. The fourth-order valence-electron chi connectivity index (χ4n) is 4.08. The minimum atomic E-state index is -0.346. The molecule has 6 heteroatoms. The Hall–Kier alpha value is -3.15. The summed E-state index contributed by atoms with van der Waals surface area (Å²) in [5, 5.41) is 0.575. The van der Waals surface area contributed by atoms with Crippen LogP contribution in [0.2, 0.25) is 0 Å². The summed E-state index contributed by atoms with van der Waals surface area (Å²) in [6.45, 7) is 8.77. The zero-order valence-electron chi connectivity index (χ0n) is 17.8. The molecule has 5 nitrogen and oxygen atoms in total. The number of ether oxygens (including phenoxy) is 1. The summed E-state index contributed by atoms with van der Waals surface area (Å²) in [6, 6.07) is 10.9. The first-order valence-electron chi connectivity index (χ1n) is 10.1. The third-order valence-corrected chi connectivity index (χ3v) is 5.74. The van der Waals surface area contributed by atoms with E-state index >= 15 is 0 Å². The van der Waals surface area contributed by atoms with Crippen LogP contribution in [0, 0.1) is 26.6 Å². The molecule has 0 spiro atoms. The molecule has 1 aliphatic heterocycles. The van der Waals surface area contributed by atoms with E-state index in [1.807, 2.05) is 4.90 Å². The van der Waals surface area contributed by atoms with Crippen LogP contribution in [0.1, 0.15) is 27.2 Å². The molecule has 4 rings (SSSR count). The average Bonchev–Trinajstić information content (AvgIpc) is 2.74. The second kappa shape index (κ2) is 7.94. The number of fused-ring (bicyclic) bond motifs is 1. The monoisotopic (exact) mass is 407 g/mol. The number of rotatable bonds is 3. The van der Waals surface area contributed by atoms with Crippen molar-refractivity contribution >= 4 is 22.5 Å². The number of hydrogen-bond acceptors (Lipinski definition) is 4. The fourth-order valence-corrected chi connectivity index (χ4v) is 4.08. The Morgan fingerprint density at radius 1 is 1.00 bits per heavy atom. The van der Waals surface area contributed by atoms with Gasteiger partial charge in [-0.1, -0.05) is 12.1 Å². The number of aryl methyl sites for hydroxylation is 3. The molecule has 2 heterocycles. The van der Waals surface area contributed by atoms with Gasteiger partial charge in [0.2, 0.25) is 0 Å². The highest BCUT2D eigenvalue weighted by molar-refractivity contribution is 5.98. The lowest BCUT2D eigenvalue weighted by Gasteiger charge is -2.36. The van der Waals surface area contributed by atoms with Crippen molar-refractivity contribution in [3.63, 3.8) is 0 Å². The van der Waals surface area contributed by atoms with Gasteiger partial charge in [-0.15, -0.1) is 0 Å². The Bertz CT molecular complexity index is 1120. The number of piperazine rings is 1. The zero-order chi connectivity index (χ0) is 21.4. The van der Waals surface area contributed by atoms with Crippen molar-refractivity contribution in [2.24, 2.45) is 0 Å². The second-order valence-corrected chi connectivity index (χ2v) is 7.90. The van der Waals surface area contributed by atoms with Crippen LogP contribution in [0.4, 0.5) is 10.1 Å². The molecule has 1 aromatic heterocycles. The van der Waals surface area contributed by atoms with Crippen LogP contribution in [0.5, 0.6) is 5.75 Å². The van der Waals surface area contributed by atoms with Gasteiger partial charge >= 0.3 is 0 Å². The van der Waals surface area contributed by atoms with Crippen molar-refractivity contribution in [2.45, 2.75) is 20.8 Å². The number of anilines is 1. The number of halogens is 1. The van der Waals surface area contributed by atoms with E-state index in [0.717, 1.165) is 13.1 Å². The summed E-state index contributed by atoms with van der Waals surface area (Å²) >= 11 is 0. The molecule has 1 saturated heterocycles. The van der Waals surface area contributed by atoms with E-state index in [1.54, 1.807) is 13.0 Å². The highest BCUT2D eigenvalue weighted by atomic mass is 19.1. The Morgan fingerprint density at radius 3 is 2.43 bits per heavy atom. The lowest BCUT2D eigenvalue weighted by atomic mass is 10.1. The number of hydrogen-bond donors (Lipinski definition) is 0. The molecule has 3 aromatic rings. The molecule has 0 N–H and O–H groups in total. The largest absolute Gasteiger partial charge is 0.496 e. The Labute approximate surface area is 176 Å². The van der Waals surface area contributed by atoms with E-state index in [2.05, 4.69) is 41.9 Å². The van der Waals surface area contributed by atoms with Crippen LogP contribution in [-0.2, 0) is 0 Å². The van der Waals surface area contributed by atoms with E-state index in [0.29, 0.717) is 41.0 Å². The van der Waals surface area contributed by atoms with Gasteiger partial charge in [0.25, 0.3) is 5.91 Å². The van der Waals surface area contributed by atoms with Gasteiger partial charge in [0.15, 0.2) is 0 Å². The third kappa shape index (κ3) is 3.70. The molecule has 0 unspecified atom stereocenters. The summed E-state index contributed by atoms with van der Waals surface area (Å²) in [5.41, 5.74) is 5.29. The maximum atomic E-state index is 13.8. The average molecular weight is 407 g/mol. The number of pyridine rings is 1. The molecular weight excluding hydrogens is 381 g/mol. The minimum absolute atomic E-state index is 0.125. The second-order valence-electron chi connectivity index (χ2n) is 7.90. The van der Waals surface area contributed by atoms with Crippen LogP contribution < -0.4 is 9.64 Å². The maximum Gasteiger partial charge on any atom is 0.272 e. The number of carbonyl (C=O) groups is 1. The molecule has 0 bridgehead atoms. The van der Waals surface area contributed by atoms with Crippen LogP contribution in [0.3, 0.4) is 0 Å². The van der Waals surface area contributed by atoms with Gasteiger partial charge in [0.1, 0.15) is 17.3 Å². The van der Waals surface area contributed by atoms with Gasteiger partial charge in [-0.05, 0) is 55.7 Å². The first-order valence-corrected chi connectivity index (χ1v) is 10.1. The normalized spacial score (nSPS) is 14.3. The topological polar surface area (TPSA) is 45.7 Å². The summed E-state index contributed by atoms with van der Waals surface area (Å²) in [5.74, 6) is -0.0127. The van der Waals surface area contributed by atoms with Crippen molar-refractivity contribution < 1.29 is 13.9 Å². The van der Waals surface area contributed by atoms with Crippen LogP contribution in [0.25, 0.3) is 10.9 Å². The standard InChI is InChI=1S/C24H26FN3O2/c1-15-5-6-16(2)21(11-15)27-7-9-28(10-8-27)24(29)20-14-22(30-4)19-13-18(25)12-17(3)23(19)26-20/h5-6,11-14H,7-10H2,1-4H3. The SMILES string of the molecule is COc1cc(C(=O)N2CCN(c3cc(C)ccc3C)CC2)nc2c(C)cc(F)cc12. The summed E-state index contributed by atoms with van der Waals surface area (Å²) in [7, 11) is 1.52. The molecule has 2 aromatic carbocycles. The van der Waals surface area contributed by atoms with E-state index < -0.39 is 0 Å². The van der Waals surface area contributed by atoms with E-state index in [1.165, 1.54) is 36.1 Å². The number of amides is 1. The first kappa shape index (κ1) is 20.1. The Kier molecular flexibility index (Phi) is 5.33. The maximum absolute atomic E-state index is 13.8. The van der Waals surface area contributed by atoms with Crippen LogP contribution >= 0.6 is 0 Å². The summed E-state index contributed by atoms with van der Waals surface area (Å²) in [6.07, 6.45) is 0. The molecule has 0 radical (unpaired) electrons. The van der Waals surface area contributed by atoms with Gasteiger partial charge in [-0.25, -0.2) is 9.37 Å².